The minimum Gasteiger partial charge on any atom is -0.373 e. The molecular formula is C13H16BrN3O. The molecule has 0 amide bonds. The molecule has 0 spiro atoms. The van der Waals surface area contributed by atoms with Crippen LogP contribution in [0.1, 0.15) is 30.7 Å². The first-order valence-electron chi connectivity index (χ1n) is 6.30. The second-order valence-corrected chi connectivity index (χ2v) is 6.24. The zero-order valence-corrected chi connectivity index (χ0v) is 12.2. The largest absolute Gasteiger partial charge is 0.373 e. The number of hydrogen-bond donors (Lipinski definition) is 0. The minimum atomic E-state index is -0.355. The molecule has 3 rings (SSSR count). The maximum Gasteiger partial charge on any atom is 0.0915 e. The van der Waals surface area contributed by atoms with E-state index in [-0.39, 0.29) is 11.5 Å². The predicted molar refractivity (Wildman–Crippen MR) is 69.9 cm³/mol. The Bertz CT molecular complexity index is 533. The SMILES string of the molecule is Cc1nn(C)c(CC2(C#N)CC3CCC2O3)c1Br. The van der Waals surface area contributed by atoms with Gasteiger partial charge < -0.3 is 4.74 Å². The summed E-state index contributed by atoms with van der Waals surface area (Å²) in [5.74, 6) is 0. The lowest BCUT2D eigenvalue weighted by Crippen LogP contribution is -2.34. The van der Waals surface area contributed by atoms with Crippen molar-refractivity contribution >= 4 is 15.9 Å². The number of nitriles is 1. The molecule has 2 fully saturated rings. The van der Waals surface area contributed by atoms with Gasteiger partial charge in [0.1, 0.15) is 0 Å². The Morgan fingerprint density at radius 3 is 2.83 bits per heavy atom. The Hall–Kier alpha value is -0.860. The molecule has 0 N–H and O–H groups in total. The number of halogens is 1. The number of aromatic nitrogens is 2. The lowest BCUT2D eigenvalue weighted by Gasteiger charge is -2.28. The number of rotatable bonds is 2. The lowest BCUT2D eigenvalue weighted by atomic mass is 9.72. The molecule has 3 heterocycles. The highest BCUT2D eigenvalue weighted by Crippen LogP contribution is 2.49. The highest BCUT2D eigenvalue weighted by molar-refractivity contribution is 9.10. The number of ether oxygens (including phenoxy) is 1. The van der Waals surface area contributed by atoms with Crippen molar-refractivity contribution in [2.24, 2.45) is 12.5 Å². The zero-order valence-electron chi connectivity index (χ0n) is 10.6. The van der Waals surface area contributed by atoms with Gasteiger partial charge >= 0.3 is 0 Å². The van der Waals surface area contributed by atoms with Crippen LogP contribution in [0.4, 0.5) is 0 Å². The Labute approximate surface area is 115 Å². The molecule has 3 unspecified atom stereocenters. The summed E-state index contributed by atoms with van der Waals surface area (Å²) in [6.45, 7) is 1.98. The highest BCUT2D eigenvalue weighted by atomic mass is 79.9. The molecule has 2 aliphatic heterocycles. The lowest BCUT2D eigenvalue weighted by molar-refractivity contribution is 0.0782. The van der Waals surface area contributed by atoms with Gasteiger partial charge in [0.05, 0.1) is 39.6 Å². The van der Waals surface area contributed by atoms with E-state index in [0.717, 1.165) is 41.5 Å². The van der Waals surface area contributed by atoms with Gasteiger partial charge in [-0.3, -0.25) is 4.68 Å². The van der Waals surface area contributed by atoms with Crippen molar-refractivity contribution in [3.63, 3.8) is 0 Å². The second kappa shape index (κ2) is 4.07. The van der Waals surface area contributed by atoms with Crippen molar-refractivity contribution < 1.29 is 4.74 Å². The van der Waals surface area contributed by atoms with Gasteiger partial charge in [-0.2, -0.15) is 10.4 Å². The third kappa shape index (κ3) is 1.63. The molecule has 18 heavy (non-hydrogen) atoms. The smallest absolute Gasteiger partial charge is 0.0915 e. The van der Waals surface area contributed by atoms with Gasteiger partial charge in [0, 0.05) is 13.5 Å². The van der Waals surface area contributed by atoms with Crippen LogP contribution in [0.25, 0.3) is 0 Å². The molecule has 4 nitrogen and oxygen atoms in total. The summed E-state index contributed by atoms with van der Waals surface area (Å²) < 4.78 is 8.78. The third-order valence-electron chi connectivity index (χ3n) is 4.28. The van der Waals surface area contributed by atoms with Crippen molar-refractivity contribution in [2.45, 2.75) is 44.8 Å². The average Bonchev–Trinajstić information content (AvgIpc) is 3.00. The summed E-state index contributed by atoms with van der Waals surface area (Å²) >= 11 is 3.58. The van der Waals surface area contributed by atoms with Crippen molar-refractivity contribution in [1.29, 1.82) is 5.26 Å². The number of hydrogen-bond acceptors (Lipinski definition) is 3. The van der Waals surface area contributed by atoms with Gasteiger partial charge in [0.15, 0.2) is 0 Å². The molecule has 0 radical (unpaired) electrons. The summed E-state index contributed by atoms with van der Waals surface area (Å²) in [6.07, 6.45) is 4.12. The average molecular weight is 310 g/mol. The topological polar surface area (TPSA) is 50.8 Å². The molecule has 2 aliphatic rings. The van der Waals surface area contributed by atoms with Crippen LogP contribution in [0.5, 0.6) is 0 Å². The van der Waals surface area contributed by atoms with E-state index >= 15 is 0 Å². The van der Waals surface area contributed by atoms with Crippen LogP contribution in [-0.4, -0.2) is 22.0 Å². The van der Waals surface area contributed by atoms with E-state index in [1.54, 1.807) is 0 Å². The first-order chi connectivity index (χ1) is 8.55. The van der Waals surface area contributed by atoms with Crippen LogP contribution < -0.4 is 0 Å². The van der Waals surface area contributed by atoms with Crippen molar-refractivity contribution in [3.05, 3.63) is 15.9 Å². The first-order valence-corrected chi connectivity index (χ1v) is 7.10. The summed E-state index contributed by atoms with van der Waals surface area (Å²) in [4.78, 5) is 0. The monoisotopic (exact) mass is 309 g/mol. The molecule has 0 saturated carbocycles. The standard InChI is InChI=1S/C13H16BrN3O/c1-8-12(14)10(17(2)16-8)6-13(7-15)5-9-3-4-11(13)18-9/h9,11H,3-6H2,1-2H3. The normalized spacial score (nSPS) is 33.9. The van der Waals surface area contributed by atoms with E-state index in [1.807, 2.05) is 18.7 Å². The number of aryl methyl sites for hydroxylation is 2. The molecular weight excluding hydrogens is 294 g/mol. The fourth-order valence-electron chi connectivity index (χ4n) is 3.31. The molecule has 2 bridgehead atoms. The van der Waals surface area contributed by atoms with Crippen molar-refractivity contribution in [1.82, 2.24) is 9.78 Å². The summed E-state index contributed by atoms with van der Waals surface area (Å²) in [6, 6.07) is 2.53. The van der Waals surface area contributed by atoms with Crippen molar-refractivity contribution in [2.75, 3.05) is 0 Å². The van der Waals surface area contributed by atoms with Gasteiger partial charge in [-0.05, 0) is 42.1 Å². The maximum atomic E-state index is 9.61. The van der Waals surface area contributed by atoms with E-state index in [0.29, 0.717) is 6.10 Å². The molecule has 1 aromatic rings. The van der Waals surface area contributed by atoms with Crippen LogP contribution >= 0.6 is 15.9 Å². The van der Waals surface area contributed by atoms with Crippen LogP contribution in [0, 0.1) is 23.7 Å². The van der Waals surface area contributed by atoms with E-state index in [9.17, 15) is 5.26 Å². The molecule has 5 heteroatoms. The van der Waals surface area contributed by atoms with Crippen molar-refractivity contribution in [3.8, 4) is 6.07 Å². The third-order valence-corrected chi connectivity index (χ3v) is 5.31. The molecule has 96 valence electrons. The molecule has 2 saturated heterocycles. The van der Waals surface area contributed by atoms with E-state index in [1.165, 1.54) is 0 Å². The Morgan fingerprint density at radius 2 is 2.39 bits per heavy atom. The molecule has 0 aliphatic carbocycles. The van der Waals surface area contributed by atoms with Gasteiger partial charge in [0.25, 0.3) is 0 Å². The van der Waals surface area contributed by atoms with E-state index in [4.69, 9.17) is 4.74 Å². The number of fused-ring (bicyclic) bond motifs is 2. The molecule has 0 aromatic carbocycles. The Balaban J connectivity index is 1.94. The van der Waals surface area contributed by atoms with Crippen LogP contribution in [-0.2, 0) is 18.2 Å². The maximum absolute atomic E-state index is 9.61. The fourth-order valence-corrected chi connectivity index (χ4v) is 3.79. The fraction of sp³-hybridized carbons (Fsp3) is 0.692. The van der Waals surface area contributed by atoms with Gasteiger partial charge in [-0.1, -0.05) is 0 Å². The van der Waals surface area contributed by atoms with Crippen LogP contribution in [0.3, 0.4) is 0 Å². The summed E-state index contributed by atoms with van der Waals surface area (Å²) in [5, 5.41) is 14.0. The van der Waals surface area contributed by atoms with E-state index in [2.05, 4.69) is 27.1 Å². The minimum absolute atomic E-state index is 0.106. The number of nitrogens with zero attached hydrogens (tertiary/aromatic N) is 3. The zero-order chi connectivity index (χ0) is 12.9. The van der Waals surface area contributed by atoms with Gasteiger partial charge in [0.2, 0.25) is 0 Å². The van der Waals surface area contributed by atoms with Gasteiger partial charge in [-0.15, -0.1) is 0 Å². The van der Waals surface area contributed by atoms with E-state index < -0.39 is 0 Å². The Morgan fingerprint density at radius 1 is 1.61 bits per heavy atom. The van der Waals surface area contributed by atoms with Gasteiger partial charge in [-0.25, -0.2) is 0 Å². The summed E-state index contributed by atoms with van der Waals surface area (Å²) in [5.41, 5.74) is 1.72. The Kier molecular flexibility index (Phi) is 2.76. The summed E-state index contributed by atoms with van der Waals surface area (Å²) in [7, 11) is 1.94. The molecule has 1 aromatic heterocycles. The van der Waals surface area contributed by atoms with Crippen LogP contribution in [0.2, 0.25) is 0 Å². The highest BCUT2D eigenvalue weighted by Gasteiger charge is 2.53. The second-order valence-electron chi connectivity index (χ2n) is 5.44. The molecule has 3 atom stereocenters. The van der Waals surface area contributed by atoms with Crippen LogP contribution in [0.15, 0.2) is 4.47 Å². The first kappa shape index (κ1) is 12.2. The predicted octanol–water partition coefficient (Wildman–Crippen LogP) is 2.49. The quantitative estimate of drug-likeness (QED) is 0.843.